The highest BCUT2D eigenvalue weighted by atomic mass is 16.4. The van der Waals surface area contributed by atoms with Gasteiger partial charge in [-0.25, -0.2) is 9.78 Å². The fourth-order valence-corrected chi connectivity index (χ4v) is 1.67. The lowest BCUT2D eigenvalue weighted by Crippen LogP contribution is -2.13. The zero-order valence-electron chi connectivity index (χ0n) is 9.36. The van der Waals surface area contributed by atoms with Gasteiger partial charge in [0.15, 0.2) is 5.89 Å². The second-order valence-corrected chi connectivity index (χ2v) is 3.75. The van der Waals surface area contributed by atoms with Crippen molar-refractivity contribution in [1.29, 1.82) is 0 Å². The molecule has 1 aromatic carbocycles. The fourth-order valence-electron chi connectivity index (χ4n) is 1.67. The van der Waals surface area contributed by atoms with Gasteiger partial charge < -0.3 is 4.42 Å². The summed E-state index contributed by atoms with van der Waals surface area (Å²) in [5, 5.41) is 0. The van der Waals surface area contributed by atoms with E-state index in [1.54, 1.807) is 6.92 Å². The molecule has 0 N–H and O–H groups in total. The Labute approximate surface area is 93.8 Å². The molecule has 16 heavy (non-hydrogen) atoms. The van der Waals surface area contributed by atoms with Gasteiger partial charge in [0, 0.05) is 13.3 Å². The van der Waals surface area contributed by atoms with Gasteiger partial charge in [-0.3, -0.25) is 0 Å². The van der Waals surface area contributed by atoms with Crippen LogP contribution in [0.2, 0.25) is 0 Å². The molecule has 0 saturated carbocycles. The van der Waals surface area contributed by atoms with E-state index in [0.717, 1.165) is 11.3 Å². The van der Waals surface area contributed by atoms with Crippen molar-refractivity contribution < 1.29 is 4.42 Å². The van der Waals surface area contributed by atoms with Crippen LogP contribution in [0.1, 0.15) is 22.7 Å². The summed E-state index contributed by atoms with van der Waals surface area (Å²) in [6.45, 7) is 3.52. The molecule has 1 heterocycles. The molecule has 2 aromatic rings. The first-order chi connectivity index (χ1) is 7.66. The molecule has 0 aliphatic heterocycles. The average molecular weight is 215 g/mol. The molecule has 3 heteroatoms. The Morgan fingerprint density at radius 3 is 2.50 bits per heavy atom. The molecular weight excluding hydrogens is 202 g/mol. The first-order valence-electron chi connectivity index (χ1n) is 5.18. The molecule has 0 amide bonds. The zero-order valence-corrected chi connectivity index (χ0v) is 9.36. The van der Waals surface area contributed by atoms with Crippen molar-refractivity contribution in [2.75, 3.05) is 0 Å². The molecule has 0 unspecified atom stereocenters. The molecule has 0 radical (unpaired) electrons. The molecular formula is C13H13NO2. The number of rotatable bonds is 2. The molecule has 0 aliphatic carbocycles. The molecule has 0 aliphatic rings. The van der Waals surface area contributed by atoms with Crippen molar-refractivity contribution in [2.45, 2.75) is 20.3 Å². The van der Waals surface area contributed by atoms with Crippen LogP contribution in [0.25, 0.3) is 0 Å². The molecule has 3 nitrogen and oxygen atoms in total. The molecule has 0 bridgehead atoms. The molecule has 82 valence electrons. The summed E-state index contributed by atoms with van der Waals surface area (Å²) in [6.07, 6.45) is 0.572. The minimum atomic E-state index is -0.283. The molecule has 0 saturated heterocycles. The maximum absolute atomic E-state index is 11.7. The Balaban J connectivity index is 2.39. The SMILES string of the molecule is Cc1nc(C)c(Cc2ccccc2)c(=O)o1. The van der Waals surface area contributed by atoms with Gasteiger partial charge in [-0.2, -0.15) is 0 Å². The smallest absolute Gasteiger partial charge is 0.342 e. The van der Waals surface area contributed by atoms with Crippen molar-refractivity contribution in [3.8, 4) is 0 Å². The van der Waals surface area contributed by atoms with Gasteiger partial charge in [-0.05, 0) is 12.5 Å². The Hall–Kier alpha value is -1.90. The van der Waals surface area contributed by atoms with Gasteiger partial charge in [0.1, 0.15) is 0 Å². The second-order valence-electron chi connectivity index (χ2n) is 3.75. The normalized spacial score (nSPS) is 10.4. The van der Waals surface area contributed by atoms with Crippen molar-refractivity contribution >= 4 is 0 Å². The van der Waals surface area contributed by atoms with Crippen LogP contribution in [0.3, 0.4) is 0 Å². The van der Waals surface area contributed by atoms with Crippen molar-refractivity contribution in [1.82, 2.24) is 4.98 Å². The van der Waals surface area contributed by atoms with E-state index in [1.807, 2.05) is 37.3 Å². The highest BCUT2D eigenvalue weighted by molar-refractivity contribution is 5.25. The summed E-state index contributed by atoms with van der Waals surface area (Å²) in [7, 11) is 0. The Kier molecular flexibility index (Phi) is 2.86. The zero-order chi connectivity index (χ0) is 11.5. The predicted molar refractivity (Wildman–Crippen MR) is 61.5 cm³/mol. The van der Waals surface area contributed by atoms with E-state index in [1.165, 1.54) is 0 Å². The first-order valence-corrected chi connectivity index (χ1v) is 5.18. The third-order valence-electron chi connectivity index (χ3n) is 2.47. The maximum atomic E-state index is 11.7. The maximum Gasteiger partial charge on any atom is 0.342 e. The number of hydrogen-bond acceptors (Lipinski definition) is 3. The van der Waals surface area contributed by atoms with E-state index in [9.17, 15) is 4.79 Å². The van der Waals surface area contributed by atoms with Crippen LogP contribution in [-0.2, 0) is 6.42 Å². The van der Waals surface area contributed by atoms with Gasteiger partial charge >= 0.3 is 5.63 Å². The van der Waals surface area contributed by atoms with Gasteiger partial charge in [0.2, 0.25) is 0 Å². The summed E-state index contributed by atoms with van der Waals surface area (Å²) in [5.41, 5.74) is 2.19. The Morgan fingerprint density at radius 2 is 1.88 bits per heavy atom. The topological polar surface area (TPSA) is 43.1 Å². The molecule has 1 aromatic heterocycles. The monoisotopic (exact) mass is 215 g/mol. The highest BCUT2D eigenvalue weighted by Crippen LogP contribution is 2.08. The largest absolute Gasteiger partial charge is 0.408 e. The van der Waals surface area contributed by atoms with Gasteiger partial charge in [0.05, 0.1) is 11.3 Å². The second kappa shape index (κ2) is 4.31. The van der Waals surface area contributed by atoms with Gasteiger partial charge in [0.25, 0.3) is 0 Å². The van der Waals surface area contributed by atoms with Crippen molar-refractivity contribution in [3.63, 3.8) is 0 Å². The summed E-state index contributed by atoms with van der Waals surface area (Å²) in [5.74, 6) is 0.416. The highest BCUT2D eigenvalue weighted by Gasteiger charge is 2.08. The van der Waals surface area contributed by atoms with E-state index >= 15 is 0 Å². The van der Waals surface area contributed by atoms with Crippen molar-refractivity contribution in [3.05, 3.63) is 63.5 Å². The fraction of sp³-hybridized carbons (Fsp3) is 0.231. The standard InChI is InChI=1S/C13H13NO2/c1-9-12(13(15)16-10(2)14-9)8-11-6-4-3-5-7-11/h3-7H,8H2,1-2H3. The minimum Gasteiger partial charge on any atom is -0.408 e. The van der Waals surface area contributed by atoms with Gasteiger partial charge in [-0.1, -0.05) is 30.3 Å². The van der Waals surface area contributed by atoms with Crippen LogP contribution >= 0.6 is 0 Å². The van der Waals surface area contributed by atoms with Crippen LogP contribution in [0.15, 0.2) is 39.5 Å². The lowest BCUT2D eigenvalue weighted by atomic mass is 10.1. The number of aromatic nitrogens is 1. The lowest BCUT2D eigenvalue weighted by Gasteiger charge is -2.03. The van der Waals surface area contributed by atoms with E-state index in [4.69, 9.17) is 4.42 Å². The summed E-state index contributed by atoms with van der Waals surface area (Å²) >= 11 is 0. The first kappa shape index (κ1) is 10.6. The van der Waals surface area contributed by atoms with Crippen LogP contribution in [-0.4, -0.2) is 4.98 Å². The van der Waals surface area contributed by atoms with E-state index in [-0.39, 0.29) is 5.63 Å². The number of hydrogen-bond donors (Lipinski definition) is 0. The Bertz CT molecular complexity index is 544. The number of benzene rings is 1. The van der Waals surface area contributed by atoms with Crippen LogP contribution < -0.4 is 5.63 Å². The third kappa shape index (κ3) is 2.19. The number of aryl methyl sites for hydroxylation is 2. The quantitative estimate of drug-likeness (QED) is 0.771. The molecule has 0 atom stereocenters. The molecule has 2 rings (SSSR count). The van der Waals surface area contributed by atoms with Crippen LogP contribution in [0.5, 0.6) is 0 Å². The van der Waals surface area contributed by atoms with E-state index < -0.39 is 0 Å². The molecule has 0 fully saturated rings. The number of nitrogens with zero attached hydrogens (tertiary/aromatic N) is 1. The van der Waals surface area contributed by atoms with E-state index in [2.05, 4.69) is 4.98 Å². The van der Waals surface area contributed by atoms with Crippen LogP contribution in [0.4, 0.5) is 0 Å². The van der Waals surface area contributed by atoms with E-state index in [0.29, 0.717) is 17.9 Å². The summed E-state index contributed by atoms with van der Waals surface area (Å²) in [6, 6.07) is 9.82. The summed E-state index contributed by atoms with van der Waals surface area (Å²) < 4.78 is 4.99. The minimum absolute atomic E-state index is 0.283. The van der Waals surface area contributed by atoms with Crippen LogP contribution in [0, 0.1) is 13.8 Å². The van der Waals surface area contributed by atoms with Crippen molar-refractivity contribution in [2.24, 2.45) is 0 Å². The summed E-state index contributed by atoms with van der Waals surface area (Å²) in [4.78, 5) is 15.8. The lowest BCUT2D eigenvalue weighted by molar-refractivity contribution is 0.446. The van der Waals surface area contributed by atoms with Gasteiger partial charge in [-0.15, -0.1) is 0 Å². The Morgan fingerprint density at radius 1 is 1.19 bits per heavy atom. The third-order valence-corrected chi connectivity index (χ3v) is 2.47. The predicted octanol–water partition coefficient (Wildman–Crippen LogP) is 2.24. The average Bonchev–Trinajstić information content (AvgIpc) is 2.25. The molecule has 0 spiro atoms.